The predicted octanol–water partition coefficient (Wildman–Crippen LogP) is 2.00. The third kappa shape index (κ3) is 5.27. The van der Waals surface area contributed by atoms with Gasteiger partial charge >= 0.3 is 0 Å². The van der Waals surface area contributed by atoms with E-state index in [1.165, 1.54) is 12.8 Å². The van der Waals surface area contributed by atoms with Crippen LogP contribution in [0.3, 0.4) is 0 Å². The van der Waals surface area contributed by atoms with Crippen LogP contribution in [0.15, 0.2) is 0 Å². The maximum atomic E-state index is 5.75. The van der Waals surface area contributed by atoms with Crippen molar-refractivity contribution in [2.75, 3.05) is 13.1 Å². The topological polar surface area (TPSA) is 38.0 Å². The highest BCUT2D eigenvalue weighted by atomic mass is 14.9. The van der Waals surface area contributed by atoms with Crippen molar-refractivity contribution in [2.45, 2.75) is 46.6 Å². The van der Waals surface area contributed by atoms with Crippen LogP contribution in [-0.2, 0) is 0 Å². The second-order valence-electron chi connectivity index (χ2n) is 4.22. The van der Waals surface area contributed by atoms with Gasteiger partial charge in [-0.1, -0.05) is 40.5 Å². The Morgan fingerprint density at radius 2 is 1.69 bits per heavy atom. The van der Waals surface area contributed by atoms with Crippen LogP contribution in [0.2, 0.25) is 0 Å². The zero-order chi connectivity index (χ0) is 10.3. The largest absolute Gasteiger partial charge is 0.329 e. The van der Waals surface area contributed by atoms with E-state index in [1.807, 2.05) is 0 Å². The molecule has 1 atom stereocenters. The molecule has 0 radical (unpaired) electrons. The number of rotatable bonds is 7. The van der Waals surface area contributed by atoms with Crippen LogP contribution in [0.25, 0.3) is 0 Å². The Morgan fingerprint density at radius 1 is 1.15 bits per heavy atom. The molecule has 80 valence electrons. The first-order valence-electron chi connectivity index (χ1n) is 5.59. The Kier molecular flexibility index (Phi) is 7.29. The van der Waals surface area contributed by atoms with Gasteiger partial charge in [0.1, 0.15) is 0 Å². The van der Waals surface area contributed by atoms with Crippen molar-refractivity contribution in [1.29, 1.82) is 0 Å². The van der Waals surface area contributed by atoms with Crippen LogP contribution in [-0.4, -0.2) is 19.1 Å². The normalized spacial score (nSPS) is 14.1. The third-order valence-electron chi connectivity index (χ3n) is 2.66. The van der Waals surface area contributed by atoms with E-state index in [0.717, 1.165) is 19.0 Å². The fourth-order valence-electron chi connectivity index (χ4n) is 1.69. The summed E-state index contributed by atoms with van der Waals surface area (Å²) in [5.41, 5.74) is 5.75. The average molecular weight is 186 g/mol. The van der Waals surface area contributed by atoms with Gasteiger partial charge in [-0.25, -0.2) is 0 Å². The van der Waals surface area contributed by atoms with Crippen LogP contribution in [0.1, 0.15) is 40.5 Å². The lowest BCUT2D eigenvalue weighted by molar-refractivity contribution is 0.327. The van der Waals surface area contributed by atoms with Crippen molar-refractivity contribution in [1.82, 2.24) is 5.32 Å². The van der Waals surface area contributed by atoms with E-state index in [0.29, 0.717) is 12.0 Å². The molecule has 0 amide bonds. The van der Waals surface area contributed by atoms with E-state index in [9.17, 15) is 0 Å². The number of nitrogens with one attached hydrogen (secondary N) is 1. The molecule has 0 aromatic carbocycles. The minimum atomic E-state index is 0.511. The predicted molar refractivity (Wildman–Crippen MR) is 59.8 cm³/mol. The Bertz CT molecular complexity index is 109. The first kappa shape index (κ1) is 12.9. The van der Waals surface area contributed by atoms with Crippen LogP contribution in [0, 0.1) is 11.8 Å². The number of hydrogen-bond acceptors (Lipinski definition) is 2. The minimum absolute atomic E-state index is 0.511. The second kappa shape index (κ2) is 7.34. The van der Waals surface area contributed by atoms with Crippen LogP contribution < -0.4 is 11.1 Å². The summed E-state index contributed by atoms with van der Waals surface area (Å²) in [4.78, 5) is 0. The van der Waals surface area contributed by atoms with Crippen molar-refractivity contribution in [2.24, 2.45) is 17.6 Å². The molecular weight excluding hydrogens is 160 g/mol. The van der Waals surface area contributed by atoms with Gasteiger partial charge in [0.25, 0.3) is 0 Å². The van der Waals surface area contributed by atoms with Crippen molar-refractivity contribution in [3.63, 3.8) is 0 Å². The summed E-state index contributed by atoms with van der Waals surface area (Å²) in [7, 11) is 0. The summed E-state index contributed by atoms with van der Waals surface area (Å²) >= 11 is 0. The molecule has 0 aliphatic heterocycles. The third-order valence-corrected chi connectivity index (χ3v) is 2.66. The Hall–Kier alpha value is -0.0800. The summed E-state index contributed by atoms with van der Waals surface area (Å²) in [5.74, 6) is 1.45. The molecule has 3 N–H and O–H groups in total. The van der Waals surface area contributed by atoms with Crippen molar-refractivity contribution in [3.05, 3.63) is 0 Å². The average Bonchev–Trinajstić information content (AvgIpc) is 2.11. The molecule has 0 aromatic heterocycles. The maximum Gasteiger partial charge on any atom is 0.0218 e. The zero-order valence-corrected chi connectivity index (χ0v) is 9.64. The lowest BCUT2D eigenvalue weighted by atomic mass is 9.94. The van der Waals surface area contributed by atoms with Gasteiger partial charge in [-0.15, -0.1) is 0 Å². The monoisotopic (exact) mass is 186 g/mol. The SMILES string of the molecule is CCC(CC)C(CN)NCC(C)C. The van der Waals surface area contributed by atoms with E-state index < -0.39 is 0 Å². The van der Waals surface area contributed by atoms with Gasteiger partial charge in [0.15, 0.2) is 0 Å². The number of hydrogen-bond donors (Lipinski definition) is 2. The molecule has 0 fully saturated rings. The van der Waals surface area contributed by atoms with Gasteiger partial charge in [0.05, 0.1) is 0 Å². The molecule has 0 aromatic rings. The van der Waals surface area contributed by atoms with Crippen molar-refractivity contribution >= 4 is 0 Å². The minimum Gasteiger partial charge on any atom is -0.329 e. The Morgan fingerprint density at radius 3 is 2.00 bits per heavy atom. The highest BCUT2D eigenvalue weighted by Crippen LogP contribution is 2.12. The van der Waals surface area contributed by atoms with Gasteiger partial charge in [-0.2, -0.15) is 0 Å². The first-order valence-corrected chi connectivity index (χ1v) is 5.59. The van der Waals surface area contributed by atoms with Crippen LogP contribution in [0.4, 0.5) is 0 Å². The van der Waals surface area contributed by atoms with Gasteiger partial charge in [-0.05, 0) is 18.4 Å². The molecule has 0 aliphatic carbocycles. The quantitative estimate of drug-likeness (QED) is 0.638. The fraction of sp³-hybridized carbons (Fsp3) is 1.00. The molecule has 0 spiro atoms. The molecule has 0 aliphatic rings. The van der Waals surface area contributed by atoms with Crippen molar-refractivity contribution in [3.8, 4) is 0 Å². The molecule has 0 heterocycles. The molecule has 1 unspecified atom stereocenters. The standard InChI is InChI=1S/C11H26N2/c1-5-10(6-2)11(7-12)13-8-9(3)4/h9-11,13H,5-8,12H2,1-4H3. The van der Waals surface area contributed by atoms with Gasteiger partial charge in [-0.3, -0.25) is 0 Å². The van der Waals surface area contributed by atoms with Crippen LogP contribution in [0.5, 0.6) is 0 Å². The maximum absolute atomic E-state index is 5.75. The van der Waals surface area contributed by atoms with Gasteiger partial charge < -0.3 is 11.1 Å². The smallest absolute Gasteiger partial charge is 0.0218 e. The van der Waals surface area contributed by atoms with E-state index >= 15 is 0 Å². The molecule has 0 bridgehead atoms. The summed E-state index contributed by atoms with van der Waals surface area (Å²) in [6, 6.07) is 0.511. The molecule has 0 saturated heterocycles. The molecule has 2 nitrogen and oxygen atoms in total. The van der Waals surface area contributed by atoms with Gasteiger partial charge in [0.2, 0.25) is 0 Å². The highest BCUT2D eigenvalue weighted by Gasteiger charge is 2.15. The molecular formula is C11H26N2. The van der Waals surface area contributed by atoms with E-state index in [1.54, 1.807) is 0 Å². The molecule has 13 heavy (non-hydrogen) atoms. The van der Waals surface area contributed by atoms with E-state index in [2.05, 4.69) is 33.0 Å². The van der Waals surface area contributed by atoms with E-state index in [-0.39, 0.29) is 0 Å². The fourth-order valence-corrected chi connectivity index (χ4v) is 1.69. The summed E-state index contributed by atoms with van der Waals surface area (Å²) < 4.78 is 0. The number of nitrogens with two attached hydrogens (primary N) is 1. The lowest BCUT2D eigenvalue weighted by Crippen LogP contribution is -2.43. The summed E-state index contributed by atoms with van der Waals surface area (Å²) in [5, 5.41) is 3.55. The Balaban J connectivity index is 3.85. The zero-order valence-electron chi connectivity index (χ0n) is 9.64. The molecule has 0 rings (SSSR count). The summed E-state index contributed by atoms with van der Waals surface area (Å²) in [6.07, 6.45) is 2.45. The van der Waals surface area contributed by atoms with Gasteiger partial charge in [0, 0.05) is 12.6 Å². The van der Waals surface area contributed by atoms with Crippen LogP contribution >= 0.6 is 0 Å². The molecule has 2 heteroatoms. The molecule has 0 saturated carbocycles. The Labute approximate surface area is 83.3 Å². The summed E-state index contributed by atoms with van der Waals surface area (Å²) in [6.45, 7) is 10.8. The lowest BCUT2D eigenvalue weighted by Gasteiger charge is -2.26. The second-order valence-corrected chi connectivity index (χ2v) is 4.22. The first-order chi connectivity index (χ1) is 6.15. The van der Waals surface area contributed by atoms with Crippen molar-refractivity contribution < 1.29 is 0 Å². The van der Waals surface area contributed by atoms with E-state index in [4.69, 9.17) is 5.73 Å². The highest BCUT2D eigenvalue weighted by molar-refractivity contribution is 4.75.